The largest absolute Gasteiger partial charge is 0.489 e. The van der Waals surface area contributed by atoms with Gasteiger partial charge < -0.3 is 9.64 Å². The molecule has 3 rings (SSSR count). The molecule has 0 N–H and O–H groups in total. The maximum Gasteiger partial charge on any atom is 0.253 e. The van der Waals surface area contributed by atoms with Gasteiger partial charge in [-0.3, -0.25) is 9.48 Å². The van der Waals surface area contributed by atoms with Crippen LogP contribution in [0.25, 0.3) is 0 Å². The zero-order chi connectivity index (χ0) is 22.6. The molecule has 0 saturated carbocycles. The topological polar surface area (TPSA) is 47.4 Å². The minimum Gasteiger partial charge on any atom is -0.489 e. The van der Waals surface area contributed by atoms with Gasteiger partial charge in [-0.05, 0) is 47.7 Å². The molecule has 0 atom stereocenters. The quantitative estimate of drug-likeness (QED) is 0.474. The molecule has 0 aliphatic carbocycles. The van der Waals surface area contributed by atoms with Gasteiger partial charge in [-0.15, -0.1) is 0 Å². The number of nitrogens with zero attached hydrogens (tertiary/aromatic N) is 3. The summed E-state index contributed by atoms with van der Waals surface area (Å²) in [5.74, 6) is 0.724. The molecule has 1 aromatic heterocycles. The average molecular weight is 440 g/mol. The molecule has 0 bridgehead atoms. The number of hydrogen-bond donors (Lipinski definition) is 0. The molecule has 5 nitrogen and oxygen atoms in total. The third-order valence-corrected chi connectivity index (χ3v) is 5.46. The Morgan fingerprint density at radius 3 is 2.48 bits per heavy atom. The van der Waals surface area contributed by atoms with Crippen molar-refractivity contribution in [2.75, 3.05) is 7.05 Å². The summed E-state index contributed by atoms with van der Waals surface area (Å²) in [6, 6.07) is 15.7. The number of benzene rings is 2. The first-order valence-corrected chi connectivity index (χ1v) is 10.8. The van der Waals surface area contributed by atoms with Crippen molar-refractivity contribution in [1.29, 1.82) is 0 Å². The fourth-order valence-corrected chi connectivity index (χ4v) is 3.45. The van der Waals surface area contributed by atoms with Crippen LogP contribution in [0.3, 0.4) is 0 Å². The van der Waals surface area contributed by atoms with E-state index in [0.717, 1.165) is 17.9 Å². The summed E-state index contributed by atoms with van der Waals surface area (Å²) < 4.78 is 7.69. The van der Waals surface area contributed by atoms with E-state index >= 15 is 0 Å². The van der Waals surface area contributed by atoms with Crippen molar-refractivity contribution in [2.24, 2.45) is 0 Å². The Labute approximate surface area is 189 Å². The first-order chi connectivity index (χ1) is 14.7. The summed E-state index contributed by atoms with van der Waals surface area (Å²) in [6.07, 6.45) is 1.78. The van der Waals surface area contributed by atoms with Gasteiger partial charge in [0.25, 0.3) is 5.91 Å². The zero-order valence-corrected chi connectivity index (χ0v) is 19.6. The van der Waals surface area contributed by atoms with E-state index in [1.54, 1.807) is 22.8 Å². The highest BCUT2D eigenvalue weighted by atomic mass is 35.5. The van der Waals surface area contributed by atoms with E-state index in [2.05, 4.69) is 38.0 Å². The van der Waals surface area contributed by atoms with Crippen LogP contribution in [0.1, 0.15) is 54.9 Å². The Bertz CT molecular complexity index is 1040. The summed E-state index contributed by atoms with van der Waals surface area (Å²) in [5.41, 5.74) is 3.61. The van der Waals surface area contributed by atoms with Crippen molar-refractivity contribution in [3.63, 3.8) is 0 Å². The normalized spacial score (nSPS) is 11.4. The van der Waals surface area contributed by atoms with E-state index < -0.39 is 0 Å². The Balaban J connectivity index is 1.63. The Hall–Kier alpha value is -2.79. The molecular weight excluding hydrogens is 410 g/mol. The van der Waals surface area contributed by atoms with Crippen LogP contribution in [0, 0.1) is 0 Å². The highest BCUT2D eigenvalue weighted by Crippen LogP contribution is 2.25. The molecule has 2 aromatic carbocycles. The number of rotatable bonds is 7. The molecule has 164 valence electrons. The lowest BCUT2D eigenvalue weighted by Gasteiger charge is -2.19. The molecule has 1 heterocycles. The molecule has 1 amide bonds. The van der Waals surface area contributed by atoms with Crippen LogP contribution in [-0.2, 0) is 25.1 Å². The molecule has 0 fully saturated rings. The van der Waals surface area contributed by atoms with Crippen molar-refractivity contribution in [2.45, 2.75) is 52.8 Å². The second-order valence-corrected chi connectivity index (χ2v) is 9.11. The number of hydrogen-bond acceptors (Lipinski definition) is 3. The number of halogens is 1. The average Bonchev–Trinajstić information content (AvgIpc) is 3.11. The molecule has 6 heteroatoms. The van der Waals surface area contributed by atoms with Crippen molar-refractivity contribution in [3.05, 3.63) is 82.1 Å². The monoisotopic (exact) mass is 439 g/mol. The molecule has 0 unspecified atom stereocenters. The maximum absolute atomic E-state index is 12.9. The van der Waals surface area contributed by atoms with Crippen LogP contribution in [0.4, 0.5) is 0 Å². The van der Waals surface area contributed by atoms with Gasteiger partial charge in [0, 0.05) is 25.4 Å². The van der Waals surface area contributed by atoms with Crippen LogP contribution in [0.15, 0.2) is 54.7 Å². The highest BCUT2D eigenvalue weighted by molar-refractivity contribution is 6.31. The van der Waals surface area contributed by atoms with Crippen molar-refractivity contribution in [1.82, 2.24) is 14.7 Å². The molecule has 3 aromatic rings. The van der Waals surface area contributed by atoms with Gasteiger partial charge in [0.2, 0.25) is 0 Å². The smallest absolute Gasteiger partial charge is 0.253 e. The van der Waals surface area contributed by atoms with Gasteiger partial charge in [0.05, 0.1) is 11.6 Å². The van der Waals surface area contributed by atoms with Crippen molar-refractivity contribution in [3.8, 4) is 5.75 Å². The lowest BCUT2D eigenvalue weighted by Crippen LogP contribution is -2.26. The Morgan fingerprint density at radius 2 is 1.87 bits per heavy atom. The number of aryl methyl sites for hydroxylation is 1. The van der Waals surface area contributed by atoms with Gasteiger partial charge >= 0.3 is 0 Å². The standard InChI is InChI=1S/C25H30ClN3O2/c1-6-29-15-22(26)23(27-29)16-28(5)24(30)19-9-7-8-18(14-19)17-31-21-12-10-20(11-13-21)25(2,3)4/h7-15H,6,16-17H2,1-5H3. The molecule has 0 aliphatic heterocycles. The Morgan fingerprint density at radius 1 is 1.16 bits per heavy atom. The second kappa shape index (κ2) is 9.56. The van der Waals surface area contributed by atoms with Crippen LogP contribution < -0.4 is 4.74 Å². The SMILES string of the molecule is CCn1cc(Cl)c(CN(C)C(=O)c2cccc(COc3ccc(C(C)(C)C)cc3)c2)n1. The minimum atomic E-state index is -0.0847. The van der Waals surface area contributed by atoms with Crippen LogP contribution in [0.2, 0.25) is 5.02 Å². The number of carbonyl (C=O) groups is 1. The molecule has 0 spiro atoms. The van der Waals surface area contributed by atoms with Gasteiger partial charge in [-0.25, -0.2) is 0 Å². The maximum atomic E-state index is 12.9. The predicted octanol–water partition coefficient (Wildman–Crippen LogP) is 5.71. The minimum absolute atomic E-state index is 0.0847. The number of carbonyl (C=O) groups excluding carboxylic acids is 1. The van der Waals surface area contributed by atoms with Crippen molar-refractivity contribution < 1.29 is 9.53 Å². The van der Waals surface area contributed by atoms with E-state index in [-0.39, 0.29) is 11.3 Å². The second-order valence-electron chi connectivity index (χ2n) is 8.70. The van der Waals surface area contributed by atoms with Crippen LogP contribution in [0.5, 0.6) is 5.75 Å². The van der Waals surface area contributed by atoms with Gasteiger partial charge in [-0.2, -0.15) is 5.10 Å². The molecular formula is C25H30ClN3O2. The number of ether oxygens (including phenoxy) is 1. The number of aromatic nitrogens is 2. The predicted molar refractivity (Wildman–Crippen MR) is 125 cm³/mol. The lowest BCUT2D eigenvalue weighted by atomic mass is 9.87. The summed E-state index contributed by atoms with van der Waals surface area (Å²) in [5, 5.41) is 4.99. The summed E-state index contributed by atoms with van der Waals surface area (Å²) in [4.78, 5) is 14.5. The zero-order valence-electron chi connectivity index (χ0n) is 18.9. The highest BCUT2D eigenvalue weighted by Gasteiger charge is 2.16. The van der Waals surface area contributed by atoms with Crippen LogP contribution in [-0.4, -0.2) is 27.6 Å². The summed E-state index contributed by atoms with van der Waals surface area (Å²) in [6.45, 7) is 10.0. The molecule has 0 aliphatic rings. The van der Waals surface area contributed by atoms with Gasteiger partial charge in [0.15, 0.2) is 0 Å². The fourth-order valence-electron chi connectivity index (χ4n) is 3.23. The van der Waals surface area contributed by atoms with E-state index in [0.29, 0.717) is 29.4 Å². The summed E-state index contributed by atoms with van der Waals surface area (Å²) in [7, 11) is 1.75. The molecule has 0 radical (unpaired) electrons. The third-order valence-electron chi connectivity index (χ3n) is 5.14. The van der Waals surface area contributed by atoms with E-state index in [1.165, 1.54) is 5.56 Å². The van der Waals surface area contributed by atoms with Gasteiger partial charge in [-0.1, -0.05) is 56.6 Å². The van der Waals surface area contributed by atoms with Crippen LogP contribution >= 0.6 is 11.6 Å². The lowest BCUT2D eigenvalue weighted by molar-refractivity contribution is 0.0783. The number of amides is 1. The first kappa shape index (κ1) is 22.9. The fraction of sp³-hybridized carbons (Fsp3) is 0.360. The van der Waals surface area contributed by atoms with Gasteiger partial charge in [0.1, 0.15) is 18.1 Å². The first-order valence-electron chi connectivity index (χ1n) is 10.5. The summed E-state index contributed by atoms with van der Waals surface area (Å²) >= 11 is 6.24. The van der Waals surface area contributed by atoms with Crippen molar-refractivity contribution >= 4 is 17.5 Å². The van der Waals surface area contributed by atoms with E-state index in [1.807, 2.05) is 43.3 Å². The van der Waals surface area contributed by atoms with E-state index in [4.69, 9.17) is 16.3 Å². The molecule has 0 saturated heterocycles. The van der Waals surface area contributed by atoms with E-state index in [9.17, 15) is 4.79 Å². The molecule has 31 heavy (non-hydrogen) atoms. The third kappa shape index (κ3) is 5.88. The Kier molecular flexibility index (Phi) is 7.06.